The summed E-state index contributed by atoms with van der Waals surface area (Å²) in [6, 6.07) is 0. The second kappa shape index (κ2) is 2.37. The maximum atomic E-state index is 10.6. The van der Waals surface area contributed by atoms with Crippen LogP contribution in [0.15, 0.2) is 0 Å². The van der Waals surface area contributed by atoms with Gasteiger partial charge in [-0.25, -0.2) is 0 Å². The quantitative estimate of drug-likeness (QED) is 0.588. The predicted molar refractivity (Wildman–Crippen MR) is 41.8 cm³/mol. The number of rotatable bonds is 3. The molecule has 0 aromatic rings. The Morgan fingerprint density at radius 3 is 2.40 bits per heavy atom. The molecule has 0 heterocycles. The first-order valence-corrected chi connectivity index (χ1v) is 4.02. The van der Waals surface area contributed by atoms with Crippen molar-refractivity contribution in [2.75, 3.05) is 0 Å². The van der Waals surface area contributed by atoms with Gasteiger partial charge in [-0.05, 0) is 31.1 Å². The minimum Gasteiger partial charge on any atom is -0.300 e. The van der Waals surface area contributed by atoms with E-state index in [4.69, 9.17) is 0 Å². The molecule has 1 fully saturated rings. The molecule has 1 aliphatic rings. The third kappa shape index (κ3) is 1.83. The average Bonchev–Trinajstić information content (AvgIpc) is 2.35. The Hall–Kier alpha value is -0.330. The van der Waals surface area contributed by atoms with E-state index in [9.17, 15) is 4.79 Å². The van der Waals surface area contributed by atoms with Crippen molar-refractivity contribution in [2.45, 2.75) is 40.0 Å². The van der Waals surface area contributed by atoms with E-state index in [2.05, 4.69) is 13.8 Å². The molecule has 0 amide bonds. The van der Waals surface area contributed by atoms with Crippen LogP contribution in [-0.2, 0) is 4.79 Å². The summed E-state index contributed by atoms with van der Waals surface area (Å²) in [6.45, 7) is 6.23. The van der Waals surface area contributed by atoms with Crippen molar-refractivity contribution < 1.29 is 4.79 Å². The lowest BCUT2D eigenvalue weighted by atomic mass is 10.1. The molecule has 0 aromatic carbocycles. The molecule has 0 aliphatic heterocycles. The Labute approximate surface area is 62.8 Å². The van der Waals surface area contributed by atoms with Crippen LogP contribution in [0.2, 0.25) is 0 Å². The number of ketones is 1. The smallest absolute Gasteiger partial charge is 0.129 e. The molecule has 1 heteroatoms. The van der Waals surface area contributed by atoms with Gasteiger partial charge in [-0.3, -0.25) is 0 Å². The zero-order chi connectivity index (χ0) is 7.78. The van der Waals surface area contributed by atoms with Crippen LogP contribution < -0.4 is 0 Å². The number of carbonyl (C=O) groups is 1. The third-order valence-corrected chi connectivity index (χ3v) is 2.56. The van der Waals surface area contributed by atoms with Gasteiger partial charge in [0.15, 0.2) is 0 Å². The van der Waals surface area contributed by atoms with Crippen LogP contribution in [0.25, 0.3) is 0 Å². The summed E-state index contributed by atoms with van der Waals surface area (Å²) in [7, 11) is 0. The molecule has 0 bridgehead atoms. The molecule has 1 saturated carbocycles. The van der Waals surface area contributed by atoms with Crippen molar-refractivity contribution in [1.82, 2.24) is 0 Å². The summed E-state index contributed by atoms with van der Waals surface area (Å²) in [6.07, 6.45) is 3.22. The highest BCUT2D eigenvalue weighted by molar-refractivity contribution is 5.75. The van der Waals surface area contributed by atoms with Crippen LogP contribution in [0, 0.1) is 11.3 Å². The van der Waals surface area contributed by atoms with Crippen molar-refractivity contribution in [3.05, 3.63) is 0 Å². The van der Waals surface area contributed by atoms with Crippen molar-refractivity contribution >= 4 is 5.78 Å². The molecule has 0 N–H and O–H groups in total. The van der Waals surface area contributed by atoms with E-state index in [1.807, 2.05) is 0 Å². The summed E-state index contributed by atoms with van der Waals surface area (Å²) >= 11 is 0. The Morgan fingerprint density at radius 1 is 1.60 bits per heavy atom. The zero-order valence-corrected chi connectivity index (χ0v) is 7.11. The zero-order valence-electron chi connectivity index (χ0n) is 7.11. The highest BCUT2D eigenvalue weighted by Gasteiger charge is 2.44. The normalized spacial score (nSPS) is 28.1. The molecule has 0 aromatic heterocycles. The molecule has 1 rings (SSSR count). The van der Waals surface area contributed by atoms with Gasteiger partial charge in [0.25, 0.3) is 0 Å². The van der Waals surface area contributed by atoms with E-state index in [1.165, 1.54) is 6.42 Å². The summed E-state index contributed by atoms with van der Waals surface area (Å²) < 4.78 is 0. The van der Waals surface area contributed by atoms with Crippen molar-refractivity contribution in [3.8, 4) is 0 Å². The van der Waals surface area contributed by atoms with Crippen molar-refractivity contribution in [3.63, 3.8) is 0 Å². The number of hydrogen-bond donors (Lipinski definition) is 0. The SMILES string of the molecule is CC(=O)CC[C@@H]1CC1(C)C. The van der Waals surface area contributed by atoms with E-state index in [0.717, 1.165) is 18.8 Å². The van der Waals surface area contributed by atoms with Crippen LogP contribution >= 0.6 is 0 Å². The predicted octanol–water partition coefficient (Wildman–Crippen LogP) is 2.40. The molecule has 10 heavy (non-hydrogen) atoms. The lowest BCUT2D eigenvalue weighted by Crippen LogP contribution is -1.94. The summed E-state index contributed by atoms with van der Waals surface area (Å²) in [5, 5.41) is 0. The molecule has 0 saturated heterocycles. The Balaban J connectivity index is 2.13. The number of carbonyl (C=O) groups excluding carboxylic acids is 1. The van der Waals surface area contributed by atoms with Gasteiger partial charge in [0, 0.05) is 6.42 Å². The Bertz CT molecular complexity index is 147. The highest BCUT2D eigenvalue weighted by atomic mass is 16.1. The molecule has 1 nitrogen and oxygen atoms in total. The van der Waals surface area contributed by atoms with E-state index in [0.29, 0.717) is 11.2 Å². The van der Waals surface area contributed by atoms with Crippen LogP contribution in [0.1, 0.15) is 40.0 Å². The molecular weight excluding hydrogens is 124 g/mol. The third-order valence-electron chi connectivity index (χ3n) is 2.56. The number of Topliss-reactive ketones (excluding diaryl/α,β-unsaturated/α-hetero) is 1. The monoisotopic (exact) mass is 140 g/mol. The maximum absolute atomic E-state index is 10.6. The van der Waals surface area contributed by atoms with Crippen LogP contribution in [0.5, 0.6) is 0 Å². The second-order valence-electron chi connectivity index (χ2n) is 4.13. The van der Waals surface area contributed by atoms with Crippen molar-refractivity contribution in [2.24, 2.45) is 11.3 Å². The first-order chi connectivity index (χ1) is 4.52. The molecule has 1 atom stereocenters. The molecule has 0 unspecified atom stereocenters. The van der Waals surface area contributed by atoms with E-state index < -0.39 is 0 Å². The van der Waals surface area contributed by atoms with E-state index in [1.54, 1.807) is 6.92 Å². The summed E-state index contributed by atoms with van der Waals surface area (Å²) in [5.74, 6) is 1.17. The number of hydrogen-bond acceptors (Lipinski definition) is 1. The summed E-state index contributed by atoms with van der Waals surface area (Å²) in [4.78, 5) is 10.6. The molecular formula is C9H16O. The average molecular weight is 140 g/mol. The Kier molecular flexibility index (Phi) is 1.84. The minimum absolute atomic E-state index is 0.336. The molecule has 0 radical (unpaired) electrons. The van der Waals surface area contributed by atoms with Gasteiger partial charge in [-0.15, -0.1) is 0 Å². The first-order valence-electron chi connectivity index (χ1n) is 4.02. The van der Waals surface area contributed by atoms with Gasteiger partial charge >= 0.3 is 0 Å². The van der Waals surface area contributed by atoms with Gasteiger partial charge in [-0.2, -0.15) is 0 Å². The van der Waals surface area contributed by atoms with Crippen LogP contribution in [0.3, 0.4) is 0 Å². The topological polar surface area (TPSA) is 17.1 Å². The minimum atomic E-state index is 0.336. The Morgan fingerprint density at radius 2 is 2.10 bits per heavy atom. The van der Waals surface area contributed by atoms with Gasteiger partial charge in [0.05, 0.1) is 0 Å². The second-order valence-corrected chi connectivity index (χ2v) is 4.13. The van der Waals surface area contributed by atoms with Crippen LogP contribution in [0.4, 0.5) is 0 Å². The van der Waals surface area contributed by atoms with E-state index in [-0.39, 0.29) is 0 Å². The standard InChI is InChI=1S/C9H16O/c1-7(10)4-5-8-6-9(8,2)3/h8H,4-6H2,1-3H3/t8-/m1/s1. The van der Waals surface area contributed by atoms with Crippen LogP contribution in [-0.4, -0.2) is 5.78 Å². The van der Waals surface area contributed by atoms with Gasteiger partial charge in [0.2, 0.25) is 0 Å². The lowest BCUT2D eigenvalue weighted by Gasteiger charge is -1.99. The summed E-state index contributed by atoms with van der Waals surface area (Å²) in [5.41, 5.74) is 0.551. The van der Waals surface area contributed by atoms with Gasteiger partial charge in [0.1, 0.15) is 5.78 Å². The molecule has 58 valence electrons. The van der Waals surface area contributed by atoms with Gasteiger partial charge in [-0.1, -0.05) is 13.8 Å². The van der Waals surface area contributed by atoms with E-state index >= 15 is 0 Å². The fourth-order valence-electron chi connectivity index (χ4n) is 1.45. The maximum Gasteiger partial charge on any atom is 0.129 e. The van der Waals surface area contributed by atoms with Gasteiger partial charge < -0.3 is 4.79 Å². The molecule has 0 spiro atoms. The first kappa shape index (κ1) is 7.77. The van der Waals surface area contributed by atoms with Crippen molar-refractivity contribution in [1.29, 1.82) is 0 Å². The molecule has 1 aliphatic carbocycles. The fraction of sp³-hybridized carbons (Fsp3) is 0.889. The largest absolute Gasteiger partial charge is 0.300 e. The lowest BCUT2D eigenvalue weighted by molar-refractivity contribution is -0.117. The fourth-order valence-corrected chi connectivity index (χ4v) is 1.45. The highest BCUT2D eigenvalue weighted by Crippen LogP contribution is 2.53.